The van der Waals surface area contributed by atoms with Crippen LogP contribution in [-0.2, 0) is 9.53 Å². The van der Waals surface area contributed by atoms with E-state index in [1.54, 1.807) is 26.2 Å². The molecule has 0 aliphatic heterocycles. The monoisotopic (exact) mass is 295 g/mol. The Morgan fingerprint density at radius 1 is 1.19 bits per heavy atom. The fraction of sp³-hybridized carbons (Fsp3) is 0.562. The summed E-state index contributed by atoms with van der Waals surface area (Å²) >= 11 is 0. The van der Waals surface area contributed by atoms with Crippen molar-refractivity contribution in [1.29, 1.82) is 0 Å². The summed E-state index contributed by atoms with van der Waals surface area (Å²) in [6.07, 6.45) is 0.423. The minimum atomic E-state index is -0.577. The van der Waals surface area contributed by atoms with Gasteiger partial charge in [0.2, 0.25) is 0 Å². The summed E-state index contributed by atoms with van der Waals surface area (Å²) in [6, 6.07) is 7.26. The predicted molar refractivity (Wildman–Crippen MR) is 81.8 cm³/mol. The third kappa shape index (κ3) is 6.49. The zero-order valence-corrected chi connectivity index (χ0v) is 13.2. The average Bonchev–Trinajstić information content (AvgIpc) is 2.46. The number of hydrogen-bond donors (Lipinski definition) is 1. The molecule has 118 valence electrons. The Bertz CT molecular complexity index is 434. The Morgan fingerprint density at radius 3 is 2.48 bits per heavy atom. The molecule has 1 atom stereocenters. The van der Waals surface area contributed by atoms with Gasteiger partial charge in [-0.3, -0.25) is 4.79 Å². The van der Waals surface area contributed by atoms with E-state index in [-0.39, 0.29) is 12.0 Å². The molecule has 0 radical (unpaired) electrons. The first-order valence-corrected chi connectivity index (χ1v) is 7.23. The van der Waals surface area contributed by atoms with Crippen LogP contribution in [-0.4, -0.2) is 38.4 Å². The first kappa shape index (κ1) is 17.3. The molecule has 0 bridgehead atoms. The normalized spacial score (nSPS) is 12.0. The second-order valence-corrected chi connectivity index (χ2v) is 4.98. The van der Waals surface area contributed by atoms with E-state index >= 15 is 0 Å². The number of methoxy groups -OCH3 is 1. The van der Waals surface area contributed by atoms with E-state index in [9.17, 15) is 4.79 Å². The molecule has 1 aromatic rings. The van der Waals surface area contributed by atoms with Gasteiger partial charge in [-0.15, -0.1) is 0 Å². The van der Waals surface area contributed by atoms with Gasteiger partial charge < -0.3 is 19.5 Å². The Balaban J connectivity index is 2.34. The molecule has 0 saturated heterocycles. The number of rotatable bonds is 9. The first-order chi connectivity index (χ1) is 10.0. The van der Waals surface area contributed by atoms with Crippen molar-refractivity contribution in [1.82, 2.24) is 5.32 Å². The van der Waals surface area contributed by atoms with Gasteiger partial charge in [-0.25, -0.2) is 0 Å². The van der Waals surface area contributed by atoms with Crippen molar-refractivity contribution < 1.29 is 19.0 Å². The number of nitrogens with one attached hydrogen (secondary N) is 1. The van der Waals surface area contributed by atoms with Gasteiger partial charge >= 0.3 is 0 Å². The highest BCUT2D eigenvalue weighted by molar-refractivity contribution is 5.80. The molecule has 0 heterocycles. The fourth-order valence-corrected chi connectivity index (χ4v) is 1.71. The van der Waals surface area contributed by atoms with Crippen LogP contribution in [0, 0.1) is 0 Å². The minimum absolute atomic E-state index is 0.148. The minimum Gasteiger partial charge on any atom is -0.493 e. The largest absolute Gasteiger partial charge is 0.493 e. The Morgan fingerprint density at radius 2 is 1.86 bits per heavy atom. The molecule has 5 heteroatoms. The molecule has 0 saturated carbocycles. The van der Waals surface area contributed by atoms with Crippen LogP contribution >= 0.6 is 0 Å². The summed E-state index contributed by atoms with van der Waals surface area (Å²) < 4.78 is 16.2. The highest BCUT2D eigenvalue weighted by Crippen LogP contribution is 2.26. The van der Waals surface area contributed by atoms with Gasteiger partial charge in [0.15, 0.2) is 17.6 Å². The maximum Gasteiger partial charge on any atom is 0.260 e. The molecule has 0 unspecified atom stereocenters. The molecule has 1 rings (SSSR count). The summed E-state index contributed by atoms with van der Waals surface area (Å²) in [6.45, 7) is 6.90. The number of amides is 1. The SMILES string of the molecule is COc1ccccc1O[C@@H](C)C(=O)NCCCOC(C)C. The van der Waals surface area contributed by atoms with Gasteiger partial charge in [0.25, 0.3) is 5.91 Å². The van der Waals surface area contributed by atoms with Crippen molar-refractivity contribution >= 4 is 5.91 Å². The van der Waals surface area contributed by atoms with Crippen molar-refractivity contribution in [2.45, 2.75) is 39.4 Å². The summed E-state index contributed by atoms with van der Waals surface area (Å²) in [5.41, 5.74) is 0. The van der Waals surface area contributed by atoms with Crippen molar-refractivity contribution in [3.63, 3.8) is 0 Å². The number of carbonyl (C=O) groups excluding carboxylic acids is 1. The van der Waals surface area contributed by atoms with Gasteiger partial charge in [-0.2, -0.15) is 0 Å². The van der Waals surface area contributed by atoms with Crippen molar-refractivity contribution in [2.75, 3.05) is 20.3 Å². The van der Waals surface area contributed by atoms with E-state index in [0.29, 0.717) is 24.7 Å². The summed E-state index contributed by atoms with van der Waals surface area (Å²) in [4.78, 5) is 11.9. The standard InChI is InChI=1S/C16H25NO4/c1-12(2)20-11-7-10-17-16(18)13(3)21-15-9-6-5-8-14(15)19-4/h5-6,8-9,12-13H,7,10-11H2,1-4H3,(H,17,18)/t13-/m0/s1. The van der Waals surface area contributed by atoms with Crippen LogP contribution in [0.5, 0.6) is 11.5 Å². The third-order valence-electron chi connectivity index (χ3n) is 2.81. The van der Waals surface area contributed by atoms with Gasteiger partial charge in [-0.1, -0.05) is 12.1 Å². The molecular weight excluding hydrogens is 270 g/mol. The molecule has 0 fully saturated rings. The topological polar surface area (TPSA) is 56.8 Å². The van der Waals surface area contributed by atoms with E-state index in [2.05, 4.69) is 5.32 Å². The van der Waals surface area contributed by atoms with Crippen molar-refractivity contribution in [3.8, 4) is 11.5 Å². The number of carbonyl (C=O) groups is 1. The second-order valence-electron chi connectivity index (χ2n) is 4.98. The van der Waals surface area contributed by atoms with E-state index in [0.717, 1.165) is 6.42 Å². The van der Waals surface area contributed by atoms with Crippen LogP contribution in [0.15, 0.2) is 24.3 Å². The quantitative estimate of drug-likeness (QED) is 0.711. The molecule has 21 heavy (non-hydrogen) atoms. The predicted octanol–water partition coefficient (Wildman–Crippen LogP) is 2.39. The Kier molecular flexibility index (Phi) is 7.61. The highest BCUT2D eigenvalue weighted by Gasteiger charge is 2.15. The van der Waals surface area contributed by atoms with Crippen LogP contribution in [0.2, 0.25) is 0 Å². The molecule has 1 aromatic carbocycles. The van der Waals surface area contributed by atoms with Crippen molar-refractivity contribution in [3.05, 3.63) is 24.3 Å². The number of ether oxygens (including phenoxy) is 3. The van der Waals surface area contributed by atoms with Gasteiger partial charge in [0, 0.05) is 13.2 Å². The number of benzene rings is 1. The zero-order chi connectivity index (χ0) is 15.7. The van der Waals surface area contributed by atoms with E-state index < -0.39 is 6.10 Å². The molecule has 1 N–H and O–H groups in total. The van der Waals surface area contributed by atoms with Crippen LogP contribution < -0.4 is 14.8 Å². The molecule has 0 spiro atoms. The highest BCUT2D eigenvalue weighted by atomic mass is 16.5. The van der Waals surface area contributed by atoms with Crippen molar-refractivity contribution in [2.24, 2.45) is 0 Å². The maximum atomic E-state index is 11.9. The number of para-hydroxylation sites is 2. The summed E-state index contributed by atoms with van der Waals surface area (Å²) in [7, 11) is 1.57. The van der Waals surface area contributed by atoms with Gasteiger partial charge in [0.1, 0.15) is 0 Å². The second kappa shape index (κ2) is 9.23. The average molecular weight is 295 g/mol. The summed E-state index contributed by atoms with van der Waals surface area (Å²) in [5.74, 6) is 1.03. The lowest BCUT2D eigenvalue weighted by Gasteiger charge is -2.16. The molecule has 0 aliphatic carbocycles. The lowest BCUT2D eigenvalue weighted by Crippen LogP contribution is -2.37. The molecule has 1 amide bonds. The van der Waals surface area contributed by atoms with Crippen LogP contribution in [0.25, 0.3) is 0 Å². The third-order valence-corrected chi connectivity index (χ3v) is 2.81. The van der Waals surface area contributed by atoms with E-state index in [1.807, 2.05) is 26.0 Å². The molecular formula is C16H25NO4. The molecule has 5 nitrogen and oxygen atoms in total. The lowest BCUT2D eigenvalue weighted by atomic mass is 10.3. The Hall–Kier alpha value is -1.75. The smallest absolute Gasteiger partial charge is 0.260 e. The molecule has 0 aliphatic rings. The van der Waals surface area contributed by atoms with E-state index in [1.165, 1.54) is 0 Å². The first-order valence-electron chi connectivity index (χ1n) is 7.23. The van der Waals surface area contributed by atoms with E-state index in [4.69, 9.17) is 14.2 Å². The maximum absolute atomic E-state index is 11.9. The number of hydrogen-bond acceptors (Lipinski definition) is 4. The Labute approximate surface area is 126 Å². The van der Waals surface area contributed by atoms with Crippen LogP contribution in [0.3, 0.4) is 0 Å². The van der Waals surface area contributed by atoms with Gasteiger partial charge in [0.05, 0.1) is 13.2 Å². The summed E-state index contributed by atoms with van der Waals surface area (Å²) in [5, 5.41) is 2.83. The van der Waals surface area contributed by atoms with Gasteiger partial charge in [-0.05, 0) is 39.3 Å². The zero-order valence-electron chi connectivity index (χ0n) is 13.2. The lowest BCUT2D eigenvalue weighted by molar-refractivity contribution is -0.127. The fourth-order valence-electron chi connectivity index (χ4n) is 1.71. The molecule has 0 aromatic heterocycles. The van der Waals surface area contributed by atoms with Crippen LogP contribution in [0.4, 0.5) is 0 Å². The van der Waals surface area contributed by atoms with Crippen LogP contribution in [0.1, 0.15) is 27.2 Å².